The summed E-state index contributed by atoms with van der Waals surface area (Å²) in [7, 11) is 1.02. The fourth-order valence-corrected chi connectivity index (χ4v) is 3.59. The van der Waals surface area contributed by atoms with Gasteiger partial charge in [-0.2, -0.15) is 0 Å². The lowest BCUT2D eigenvalue weighted by molar-refractivity contribution is -0.115. The average Bonchev–Trinajstić information content (AvgIpc) is 2.74. The summed E-state index contributed by atoms with van der Waals surface area (Å²) in [5, 5.41) is 18.1. The summed E-state index contributed by atoms with van der Waals surface area (Å²) in [6, 6.07) is 0. The number of rotatable bonds is 10. The lowest BCUT2D eigenvalue weighted by Crippen LogP contribution is -2.29. The second-order valence-corrected chi connectivity index (χ2v) is 9.13. The van der Waals surface area contributed by atoms with Gasteiger partial charge in [-0.1, -0.05) is 55.8 Å². The summed E-state index contributed by atoms with van der Waals surface area (Å²) >= 11 is 0. The van der Waals surface area contributed by atoms with E-state index in [4.69, 9.17) is 14.9 Å². The van der Waals surface area contributed by atoms with Crippen molar-refractivity contribution in [1.82, 2.24) is 0 Å². The number of aliphatic hydroxyl groups excluding tert-OH is 2. The maximum Gasteiger partial charge on any atom is 0.167 e. The molecule has 0 fully saturated rings. The molecule has 0 aliphatic carbocycles. The van der Waals surface area contributed by atoms with Gasteiger partial charge in [0.2, 0.25) is 0 Å². The number of hydrogen-bond acceptors (Lipinski definition) is 5. The zero-order valence-corrected chi connectivity index (χ0v) is 21.3. The average molecular weight is 445 g/mol. The molecule has 3 atom stereocenters. The van der Waals surface area contributed by atoms with E-state index >= 15 is 0 Å². The molecule has 0 aromatic rings. The first-order valence-corrected chi connectivity index (χ1v) is 12.3. The van der Waals surface area contributed by atoms with Crippen molar-refractivity contribution >= 4 is 25.1 Å². The van der Waals surface area contributed by atoms with Crippen molar-refractivity contribution in [3.05, 3.63) is 11.6 Å². The van der Waals surface area contributed by atoms with Gasteiger partial charge < -0.3 is 14.9 Å². The minimum atomic E-state index is -0.116. The fraction of sp³-hybridized carbons (Fsp3) is 0.792. The van der Waals surface area contributed by atoms with E-state index in [1.165, 1.54) is 6.92 Å². The Bertz CT molecular complexity index is 538. The molecule has 0 bridgehead atoms. The van der Waals surface area contributed by atoms with Crippen molar-refractivity contribution in [1.29, 1.82) is 0 Å². The second-order valence-electron chi connectivity index (χ2n) is 7.92. The van der Waals surface area contributed by atoms with Gasteiger partial charge in [-0.15, -0.1) is 0 Å². The topological polar surface area (TPSA) is 83.8 Å². The van der Waals surface area contributed by atoms with Crippen molar-refractivity contribution in [2.75, 3.05) is 19.4 Å². The van der Waals surface area contributed by atoms with Crippen LogP contribution >= 0.6 is 8.20 Å². The molecule has 1 heterocycles. The number of hydrogen-bond donors (Lipinski definition) is 2. The van der Waals surface area contributed by atoms with Crippen molar-refractivity contribution in [3.63, 3.8) is 0 Å². The number of carbonyl (C=O) groups excluding carboxylic acids is 2. The Morgan fingerprint density at radius 2 is 1.73 bits per heavy atom. The van der Waals surface area contributed by atoms with Crippen molar-refractivity contribution in [3.8, 4) is 0 Å². The van der Waals surface area contributed by atoms with Crippen LogP contribution in [0.25, 0.3) is 0 Å². The zero-order chi connectivity index (χ0) is 23.7. The van der Waals surface area contributed by atoms with Crippen molar-refractivity contribution < 1.29 is 24.5 Å². The number of ketones is 2. The third kappa shape index (κ3) is 14.2. The highest BCUT2D eigenvalue weighted by atomic mass is 31.1. The summed E-state index contributed by atoms with van der Waals surface area (Å²) in [5.74, 6) is 1.13. The van der Waals surface area contributed by atoms with Gasteiger partial charge in [0.05, 0.1) is 24.1 Å². The Morgan fingerprint density at radius 3 is 2.10 bits per heavy atom. The minimum Gasteiger partial charge on any atom is -0.394 e. The summed E-state index contributed by atoms with van der Waals surface area (Å²) < 4.78 is 5.51. The van der Waals surface area contributed by atoms with Crippen LogP contribution in [-0.2, 0) is 14.3 Å². The number of carbonyl (C=O) groups is 2. The van der Waals surface area contributed by atoms with Crippen molar-refractivity contribution in [2.24, 2.45) is 11.8 Å². The van der Waals surface area contributed by atoms with Gasteiger partial charge in [-0.3, -0.25) is 9.59 Å². The van der Waals surface area contributed by atoms with E-state index in [1.54, 1.807) is 6.92 Å². The molecule has 1 aliphatic heterocycles. The van der Waals surface area contributed by atoms with Gasteiger partial charge in [0.25, 0.3) is 0 Å². The highest BCUT2D eigenvalue weighted by Crippen LogP contribution is 2.19. The quantitative estimate of drug-likeness (QED) is 0.471. The molecule has 0 aromatic heterocycles. The third-order valence-electron chi connectivity index (χ3n) is 4.91. The molecule has 1 rings (SSSR count). The third-order valence-corrected chi connectivity index (χ3v) is 6.20. The molecule has 6 heteroatoms. The zero-order valence-electron chi connectivity index (χ0n) is 20.4. The molecule has 0 saturated heterocycles. The number of ether oxygens (including phenoxy) is 1. The van der Waals surface area contributed by atoms with E-state index in [0.717, 1.165) is 45.5 Å². The van der Waals surface area contributed by atoms with Gasteiger partial charge in [-0.05, 0) is 51.1 Å². The Labute approximate surface area is 186 Å². The van der Waals surface area contributed by atoms with Crippen LogP contribution in [0.1, 0.15) is 81.1 Å². The van der Waals surface area contributed by atoms with Crippen LogP contribution in [0.2, 0.25) is 0 Å². The molecule has 5 nitrogen and oxygen atoms in total. The maximum absolute atomic E-state index is 11.4. The lowest BCUT2D eigenvalue weighted by Gasteiger charge is -2.25. The fourth-order valence-electron chi connectivity index (χ4n) is 2.35. The highest BCUT2D eigenvalue weighted by molar-refractivity contribution is 7.45. The predicted molar refractivity (Wildman–Crippen MR) is 129 cm³/mol. The molecule has 0 spiro atoms. The minimum absolute atomic E-state index is 0.0176. The molecule has 30 heavy (non-hydrogen) atoms. The number of allylic oxidation sites excluding steroid dienone is 2. The molecule has 0 aromatic carbocycles. The molecule has 0 amide bonds. The molecular formula is C24H45O5P. The van der Waals surface area contributed by atoms with Crippen LogP contribution < -0.4 is 0 Å². The van der Waals surface area contributed by atoms with E-state index in [2.05, 4.69) is 27.7 Å². The number of Topliss-reactive ketones (excluding diaryl/α,β-unsaturated/α-hetero) is 2. The van der Waals surface area contributed by atoms with Gasteiger partial charge in [-0.25, -0.2) is 0 Å². The smallest absolute Gasteiger partial charge is 0.167 e. The highest BCUT2D eigenvalue weighted by Gasteiger charge is 2.20. The van der Waals surface area contributed by atoms with Gasteiger partial charge in [0.1, 0.15) is 0 Å². The Morgan fingerprint density at radius 1 is 1.17 bits per heavy atom. The van der Waals surface area contributed by atoms with Gasteiger partial charge in [0, 0.05) is 18.6 Å². The van der Waals surface area contributed by atoms with E-state index < -0.39 is 0 Å². The SMILES string of the molecule is CCC(=O)C1=PCCC=C1C(C)=O.CCC(C)O.CCCOC(CO)C(C)C(C)C. The predicted octanol–water partition coefficient (Wildman–Crippen LogP) is 4.85. The normalized spacial score (nSPS) is 16.6. The van der Waals surface area contributed by atoms with E-state index in [0.29, 0.717) is 23.8 Å². The van der Waals surface area contributed by atoms with E-state index in [1.807, 2.05) is 19.9 Å². The molecule has 1 aliphatic rings. The Balaban J connectivity index is 0. The first-order valence-electron chi connectivity index (χ1n) is 11.3. The van der Waals surface area contributed by atoms with Crippen LogP contribution in [0.5, 0.6) is 0 Å². The maximum atomic E-state index is 11.4. The summed E-state index contributed by atoms with van der Waals surface area (Å²) in [4.78, 5) is 22.6. The standard InChI is InChI=1S/C10H13O2P.C10H22O2.C4H10O/c1-3-9(12)10-8(7(2)11)5-4-6-13-10;1-5-6-12-10(7-11)9(4)8(2)3;1-3-4(2)5/h5H,3-4,6H2,1-2H3;8-11H,5-7H2,1-4H3;4-5H,3H2,1-2H3. The van der Waals surface area contributed by atoms with E-state index in [9.17, 15) is 9.59 Å². The number of aliphatic hydroxyl groups is 2. The van der Waals surface area contributed by atoms with Crippen molar-refractivity contribution in [2.45, 2.75) is 93.3 Å². The second kappa shape index (κ2) is 18.9. The van der Waals surface area contributed by atoms with Gasteiger partial charge >= 0.3 is 0 Å². The first kappa shape index (κ1) is 31.3. The lowest BCUT2D eigenvalue weighted by atomic mass is 9.92. The largest absolute Gasteiger partial charge is 0.394 e. The first-order chi connectivity index (χ1) is 14.1. The monoisotopic (exact) mass is 444 g/mol. The van der Waals surface area contributed by atoms with Crippen LogP contribution in [0.15, 0.2) is 11.6 Å². The summed E-state index contributed by atoms with van der Waals surface area (Å²) in [6.07, 6.45) is 6.05. The Hall–Kier alpha value is -0.870. The van der Waals surface area contributed by atoms with Crippen LogP contribution in [0.4, 0.5) is 0 Å². The molecule has 3 unspecified atom stereocenters. The Kier molecular flexibility index (Phi) is 19.7. The van der Waals surface area contributed by atoms with Gasteiger partial charge in [0.15, 0.2) is 11.6 Å². The molecule has 176 valence electrons. The molecular weight excluding hydrogens is 399 g/mol. The van der Waals surface area contributed by atoms with E-state index in [-0.39, 0.29) is 30.4 Å². The van der Waals surface area contributed by atoms with Crippen LogP contribution in [0.3, 0.4) is 0 Å². The molecule has 2 N–H and O–H groups in total. The van der Waals surface area contributed by atoms with Crippen LogP contribution in [0, 0.1) is 11.8 Å². The summed E-state index contributed by atoms with van der Waals surface area (Å²) in [6.45, 7) is 16.5. The van der Waals surface area contributed by atoms with Crippen LogP contribution in [-0.4, -0.2) is 58.7 Å². The molecule has 0 radical (unpaired) electrons. The molecule has 0 saturated carbocycles. The summed E-state index contributed by atoms with van der Waals surface area (Å²) in [5.41, 5.74) is 0.653.